The van der Waals surface area contributed by atoms with E-state index in [1.165, 1.54) is 37.0 Å². The number of thiazole rings is 1. The van der Waals surface area contributed by atoms with Crippen LogP contribution in [0.15, 0.2) is 63.5 Å². The van der Waals surface area contributed by atoms with E-state index in [0.29, 0.717) is 27.2 Å². The number of methoxy groups -OCH3 is 2. The molecule has 0 saturated heterocycles. The molecule has 4 rings (SSSR count). The monoisotopic (exact) mass is 536 g/mol. The third-order valence-electron chi connectivity index (χ3n) is 5.83. The van der Waals surface area contributed by atoms with Crippen molar-refractivity contribution in [3.63, 3.8) is 0 Å². The van der Waals surface area contributed by atoms with Gasteiger partial charge >= 0.3 is 11.9 Å². The second kappa shape index (κ2) is 11.5. The van der Waals surface area contributed by atoms with Crippen molar-refractivity contribution in [2.75, 3.05) is 20.8 Å². The number of benzene rings is 2. The third kappa shape index (κ3) is 5.40. The zero-order valence-electron chi connectivity index (χ0n) is 21.8. The standard InChI is InChI=1S/C28H28N2O7S/c1-6-13-36-20-10-7-18(8-11-20)14-23-26(32)30-25(24(27(33)35-5)16(2)29-28(30)38-23)19-9-12-21(37-17(3)31)22(15-19)34-4/h7-12,14-15,25H,6,13H2,1-5H3/b23-14+. The quantitative estimate of drug-likeness (QED) is 0.322. The molecule has 3 aromatic rings. The average Bonchev–Trinajstić information content (AvgIpc) is 3.21. The molecule has 1 aliphatic rings. The number of carbonyl (C=O) groups is 2. The summed E-state index contributed by atoms with van der Waals surface area (Å²) in [4.78, 5) is 43.1. The summed E-state index contributed by atoms with van der Waals surface area (Å²) in [6, 6.07) is 11.5. The smallest absolute Gasteiger partial charge is 0.338 e. The molecule has 0 fully saturated rings. The molecule has 0 saturated carbocycles. The number of allylic oxidation sites excluding steroid dienone is 1. The lowest BCUT2D eigenvalue weighted by Gasteiger charge is -2.25. The van der Waals surface area contributed by atoms with Gasteiger partial charge in [0.2, 0.25) is 0 Å². The molecule has 1 aromatic heterocycles. The van der Waals surface area contributed by atoms with Gasteiger partial charge in [-0.15, -0.1) is 0 Å². The van der Waals surface area contributed by atoms with Crippen LogP contribution in [0.4, 0.5) is 0 Å². The third-order valence-corrected chi connectivity index (χ3v) is 6.82. The summed E-state index contributed by atoms with van der Waals surface area (Å²) in [5.74, 6) is 0.165. The van der Waals surface area contributed by atoms with Crippen LogP contribution in [0.1, 0.15) is 44.4 Å². The lowest BCUT2D eigenvalue weighted by molar-refractivity contribution is -0.136. The highest BCUT2D eigenvalue weighted by molar-refractivity contribution is 7.07. The fraction of sp³-hybridized carbons (Fsp3) is 0.286. The summed E-state index contributed by atoms with van der Waals surface area (Å²) in [7, 11) is 2.72. The molecule has 1 unspecified atom stereocenters. The molecule has 2 heterocycles. The van der Waals surface area contributed by atoms with Crippen LogP contribution in [-0.4, -0.2) is 37.3 Å². The van der Waals surface area contributed by atoms with E-state index in [9.17, 15) is 14.4 Å². The number of hydrogen-bond donors (Lipinski definition) is 0. The van der Waals surface area contributed by atoms with Crippen LogP contribution in [0.25, 0.3) is 6.08 Å². The maximum absolute atomic E-state index is 13.7. The Morgan fingerprint density at radius 2 is 1.84 bits per heavy atom. The molecule has 1 atom stereocenters. The Labute approximate surface area is 223 Å². The van der Waals surface area contributed by atoms with Crippen molar-refractivity contribution in [3.8, 4) is 17.2 Å². The van der Waals surface area contributed by atoms with E-state index < -0.39 is 18.0 Å². The van der Waals surface area contributed by atoms with E-state index in [1.54, 1.807) is 31.2 Å². The van der Waals surface area contributed by atoms with Crippen LogP contribution in [0.2, 0.25) is 0 Å². The van der Waals surface area contributed by atoms with Gasteiger partial charge in [0, 0.05) is 6.92 Å². The molecule has 0 radical (unpaired) electrons. The summed E-state index contributed by atoms with van der Waals surface area (Å²) < 4.78 is 23.3. The van der Waals surface area contributed by atoms with Gasteiger partial charge in [0.15, 0.2) is 16.3 Å². The zero-order valence-corrected chi connectivity index (χ0v) is 22.6. The van der Waals surface area contributed by atoms with Crippen LogP contribution >= 0.6 is 11.3 Å². The summed E-state index contributed by atoms with van der Waals surface area (Å²) in [5.41, 5.74) is 1.76. The molecule has 0 N–H and O–H groups in total. The van der Waals surface area contributed by atoms with Gasteiger partial charge < -0.3 is 18.9 Å². The Kier molecular flexibility index (Phi) is 8.11. The van der Waals surface area contributed by atoms with E-state index >= 15 is 0 Å². The van der Waals surface area contributed by atoms with Gasteiger partial charge in [0.05, 0.1) is 42.7 Å². The van der Waals surface area contributed by atoms with Gasteiger partial charge in [-0.05, 0) is 54.8 Å². The van der Waals surface area contributed by atoms with Crippen LogP contribution in [0.3, 0.4) is 0 Å². The van der Waals surface area contributed by atoms with Crippen molar-refractivity contribution < 1.29 is 28.5 Å². The SMILES string of the molecule is CCCOc1ccc(/C=c2/sc3n(c2=O)C(c2ccc(OC(C)=O)c(OC)c2)C(C(=O)OC)=C(C)N=3)cc1. The van der Waals surface area contributed by atoms with Gasteiger partial charge in [-0.1, -0.05) is 36.5 Å². The lowest BCUT2D eigenvalue weighted by atomic mass is 9.95. The Hall–Kier alpha value is -4.18. The van der Waals surface area contributed by atoms with Crippen molar-refractivity contribution >= 4 is 29.4 Å². The maximum atomic E-state index is 13.7. The summed E-state index contributed by atoms with van der Waals surface area (Å²) >= 11 is 1.23. The second-order valence-corrected chi connectivity index (χ2v) is 9.50. The van der Waals surface area contributed by atoms with Gasteiger partial charge in [0.1, 0.15) is 5.75 Å². The van der Waals surface area contributed by atoms with Crippen molar-refractivity contribution in [2.45, 2.75) is 33.2 Å². The number of rotatable bonds is 8. The average molecular weight is 537 g/mol. The number of aromatic nitrogens is 1. The molecule has 0 bridgehead atoms. The topological polar surface area (TPSA) is 105 Å². The van der Waals surface area contributed by atoms with E-state index in [-0.39, 0.29) is 22.6 Å². The van der Waals surface area contributed by atoms with Crippen molar-refractivity contribution in [1.29, 1.82) is 0 Å². The van der Waals surface area contributed by atoms with E-state index in [2.05, 4.69) is 4.99 Å². The first-order chi connectivity index (χ1) is 18.3. The highest BCUT2D eigenvalue weighted by Crippen LogP contribution is 2.36. The summed E-state index contributed by atoms with van der Waals surface area (Å²) in [5, 5.41) is 0. The largest absolute Gasteiger partial charge is 0.494 e. The Balaban J connectivity index is 1.86. The maximum Gasteiger partial charge on any atom is 0.338 e. The molecule has 0 amide bonds. The van der Waals surface area contributed by atoms with Crippen molar-refractivity contribution in [2.24, 2.45) is 4.99 Å². The number of esters is 2. The molecule has 10 heteroatoms. The molecule has 2 aromatic carbocycles. The highest BCUT2D eigenvalue weighted by atomic mass is 32.1. The Morgan fingerprint density at radius 1 is 1.11 bits per heavy atom. The van der Waals surface area contributed by atoms with Crippen LogP contribution in [0.5, 0.6) is 17.2 Å². The van der Waals surface area contributed by atoms with E-state index in [1.807, 2.05) is 31.2 Å². The molecule has 38 heavy (non-hydrogen) atoms. The van der Waals surface area contributed by atoms with Crippen molar-refractivity contribution in [3.05, 3.63) is 84.5 Å². The Bertz CT molecular complexity index is 1580. The van der Waals surface area contributed by atoms with E-state index in [0.717, 1.165) is 17.7 Å². The van der Waals surface area contributed by atoms with Crippen LogP contribution in [-0.2, 0) is 14.3 Å². The van der Waals surface area contributed by atoms with Gasteiger partial charge in [-0.3, -0.25) is 14.2 Å². The normalized spacial score (nSPS) is 15.0. The first-order valence-electron chi connectivity index (χ1n) is 12.0. The minimum atomic E-state index is -0.828. The summed E-state index contributed by atoms with van der Waals surface area (Å²) in [6.45, 7) is 5.67. The minimum Gasteiger partial charge on any atom is -0.494 e. The number of ether oxygens (including phenoxy) is 4. The molecule has 0 aliphatic carbocycles. The minimum absolute atomic E-state index is 0.225. The predicted octanol–water partition coefficient (Wildman–Crippen LogP) is 3.13. The number of hydrogen-bond acceptors (Lipinski definition) is 9. The van der Waals surface area contributed by atoms with Crippen LogP contribution < -0.4 is 29.1 Å². The molecule has 9 nitrogen and oxygen atoms in total. The highest BCUT2D eigenvalue weighted by Gasteiger charge is 2.33. The van der Waals surface area contributed by atoms with Crippen molar-refractivity contribution in [1.82, 2.24) is 4.57 Å². The first-order valence-corrected chi connectivity index (χ1v) is 12.8. The Morgan fingerprint density at radius 3 is 2.47 bits per heavy atom. The van der Waals surface area contributed by atoms with E-state index in [4.69, 9.17) is 18.9 Å². The molecular weight excluding hydrogens is 508 g/mol. The first kappa shape index (κ1) is 26.9. The molecule has 1 aliphatic heterocycles. The fourth-order valence-corrected chi connectivity index (χ4v) is 5.18. The zero-order chi connectivity index (χ0) is 27.4. The fourth-order valence-electron chi connectivity index (χ4n) is 4.13. The number of fused-ring (bicyclic) bond motifs is 1. The van der Waals surface area contributed by atoms with Gasteiger partial charge in [-0.25, -0.2) is 9.79 Å². The molecule has 0 spiro atoms. The molecule has 198 valence electrons. The summed E-state index contributed by atoms with van der Waals surface area (Å²) in [6.07, 6.45) is 2.70. The lowest BCUT2D eigenvalue weighted by Crippen LogP contribution is -2.39. The van der Waals surface area contributed by atoms with Gasteiger partial charge in [-0.2, -0.15) is 0 Å². The van der Waals surface area contributed by atoms with Gasteiger partial charge in [0.25, 0.3) is 5.56 Å². The number of nitrogens with zero attached hydrogens (tertiary/aromatic N) is 2. The number of carbonyl (C=O) groups excluding carboxylic acids is 2. The molecular formula is C28H28N2O7S. The van der Waals surface area contributed by atoms with Crippen LogP contribution in [0, 0.1) is 0 Å². The predicted molar refractivity (Wildman–Crippen MR) is 142 cm³/mol. The second-order valence-electron chi connectivity index (χ2n) is 8.49.